The van der Waals surface area contributed by atoms with Crippen molar-refractivity contribution in [2.24, 2.45) is 0 Å². The first-order valence-corrected chi connectivity index (χ1v) is 9.62. The zero-order valence-electron chi connectivity index (χ0n) is 16.8. The summed E-state index contributed by atoms with van der Waals surface area (Å²) < 4.78 is 5.63. The molecule has 0 bridgehead atoms. The summed E-state index contributed by atoms with van der Waals surface area (Å²) >= 11 is 0. The SMILES string of the molecule is Cc1cc(C)cc(NC(=O)c2cccc(-c3cnc(Oc4ccccc4)nc3)c2)c1. The fourth-order valence-corrected chi connectivity index (χ4v) is 3.20. The van der Waals surface area contributed by atoms with Crippen molar-refractivity contribution in [2.75, 3.05) is 5.32 Å². The summed E-state index contributed by atoms with van der Waals surface area (Å²) in [5.41, 5.74) is 5.22. The summed E-state index contributed by atoms with van der Waals surface area (Å²) in [6.07, 6.45) is 3.37. The third kappa shape index (κ3) is 4.70. The number of nitrogens with one attached hydrogen (secondary N) is 1. The number of aryl methyl sites for hydroxylation is 2. The van der Waals surface area contributed by atoms with Gasteiger partial charge >= 0.3 is 6.01 Å². The largest absolute Gasteiger partial charge is 0.424 e. The number of carbonyl (C=O) groups is 1. The van der Waals surface area contributed by atoms with Crippen LogP contribution in [-0.4, -0.2) is 15.9 Å². The molecule has 0 aliphatic heterocycles. The molecule has 4 rings (SSSR count). The number of hydrogen-bond donors (Lipinski definition) is 1. The lowest BCUT2D eigenvalue weighted by Crippen LogP contribution is -2.12. The Morgan fingerprint density at radius 3 is 2.20 bits per heavy atom. The molecule has 1 heterocycles. The van der Waals surface area contributed by atoms with Crippen molar-refractivity contribution in [2.45, 2.75) is 13.8 Å². The average Bonchev–Trinajstić information content (AvgIpc) is 2.74. The van der Waals surface area contributed by atoms with E-state index in [9.17, 15) is 4.79 Å². The number of ether oxygens (including phenoxy) is 1. The van der Waals surface area contributed by atoms with Crippen molar-refractivity contribution in [3.8, 4) is 22.9 Å². The topological polar surface area (TPSA) is 64.1 Å². The van der Waals surface area contributed by atoms with Gasteiger partial charge in [0.2, 0.25) is 0 Å². The van der Waals surface area contributed by atoms with E-state index >= 15 is 0 Å². The van der Waals surface area contributed by atoms with Crippen LogP contribution in [0.4, 0.5) is 5.69 Å². The summed E-state index contributed by atoms with van der Waals surface area (Å²) in [6.45, 7) is 4.02. The van der Waals surface area contributed by atoms with E-state index in [0.717, 1.165) is 27.9 Å². The number of anilines is 1. The number of rotatable bonds is 5. The monoisotopic (exact) mass is 395 g/mol. The van der Waals surface area contributed by atoms with E-state index in [2.05, 4.69) is 21.4 Å². The molecule has 0 atom stereocenters. The second kappa shape index (κ2) is 8.57. The highest BCUT2D eigenvalue weighted by molar-refractivity contribution is 6.05. The standard InChI is InChI=1S/C25H21N3O2/c1-17-11-18(2)13-22(12-17)28-24(29)20-8-6-7-19(14-20)21-15-26-25(27-16-21)30-23-9-4-3-5-10-23/h3-16H,1-2H3,(H,28,29). The van der Waals surface area contributed by atoms with E-state index in [1.807, 2.05) is 74.5 Å². The number of benzene rings is 3. The van der Waals surface area contributed by atoms with Gasteiger partial charge in [-0.2, -0.15) is 0 Å². The van der Waals surface area contributed by atoms with Crippen molar-refractivity contribution >= 4 is 11.6 Å². The number of amides is 1. The van der Waals surface area contributed by atoms with Crippen LogP contribution in [-0.2, 0) is 0 Å². The van der Waals surface area contributed by atoms with Gasteiger partial charge in [-0.3, -0.25) is 4.79 Å². The Balaban J connectivity index is 1.50. The van der Waals surface area contributed by atoms with E-state index in [-0.39, 0.29) is 11.9 Å². The Kier molecular flexibility index (Phi) is 5.52. The summed E-state index contributed by atoms with van der Waals surface area (Å²) in [7, 11) is 0. The number of nitrogens with zero attached hydrogens (tertiary/aromatic N) is 2. The molecule has 4 aromatic rings. The molecule has 0 aliphatic rings. The molecule has 0 aliphatic carbocycles. The van der Waals surface area contributed by atoms with Crippen LogP contribution < -0.4 is 10.1 Å². The molecule has 30 heavy (non-hydrogen) atoms. The highest BCUT2D eigenvalue weighted by atomic mass is 16.5. The van der Waals surface area contributed by atoms with Gasteiger partial charge in [0.1, 0.15) is 5.75 Å². The molecule has 0 saturated heterocycles. The normalized spacial score (nSPS) is 10.5. The van der Waals surface area contributed by atoms with Gasteiger partial charge in [-0.25, -0.2) is 9.97 Å². The van der Waals surface area contributed by atoms with E-state index in [1.165, 1.54) is 0 Å². The van der Waals surface area contributed by atoms with Crippen molar-refractivity contribution in [3.05, 3.63) is 102 Å². The van der Waals surface area contributed by atoms with Crippen LogP contribution in [0.3, 0.4) is 0 Å². The zero-order chi connectivity index (χ0) is 20.9. The molecular weight excluding hydrogens is 374 g/mol. The fraction of sp³-hybridized carbons (Fsp3) is 0.0800. The van der Waals surface area contributed by atoms with Crippen LogP contribution in [0.25, 0.3) is 11.1 Å². The van der Waals surface area contributed by atoms with E-state index < -0.39 is 0 Å². The van der Waals surface area contributed by atoms with Crippen LogP contribution in [0.15, 0.2) is 85.2 Å². The lowest BCUT2D eigenvalue weighted by molar-refractivity contribution is 0.102. The molecule has 0 saturated carbocycles. The minimum Gasteiger partial charge on any atom is -0.424 e. The Morgan fingerprint density at radius 2 is 1.50 bits per heavy atom. The number of hydrogen-bond acceptors (Lipinski definition) is 4. The third-order valence-corrected chi connectivity index (χ3v) is 4.52. The molecule has 1 aromatic heterocycles. The van der Waals surface area contributed by atoms with E-state index in [4.69, 9.17) is 4.74 Å². The molecule has 1 amide bonds. The third-order valence-electron chi connectivity index (χ3n) is 4.52. The molecule has 0 radical (unpaired) electrons. The van der Waals surface area contributed by atoms with Gasteiger partial charge in [0.15, 0.2) is 0 Å². The Hall–Kier alpha value is -3.99. The van der Waals surface area contributed by atoms with Gasteiger partial charge in [-0.05, 0) is 66.9 Å². The minimum absolute atomic E-state index is 0.160. The molecule has 148 valence electrons. The van der Waals surface area contributed by atoms with Crippen LogP contribution >= 0.6 is 0 Å². The smallest absolute Gasteiger partial charge is 0.321 e. The zero-order valence-corrected chi connectivity index (χ0v) is 16.8. The number of aromatic nitrogens is 2. The molecule has 0 spiro atoms. The highest BCUT2D eigenvalue weighted by Crippen LogP contribution is 2.23. The van der Waals surface area contributed by atoms with E-state index in [0.29, 0.717) is 11.3 Å². The van der Waals surface area contributed by atoms with E-state index in [1.54, 1.807) is 18.5 Å². The van der Waals surface area contributed by atoms with Crippen LogP contribution in [0, 0.1) is 13.8 Å². The quantitative estimate of drug-likeness (QED) is 0.463. The van der Waals surface area contributed by atoms with Gasteiger partial charge in [0, 0.05) is 29.2 Å². The predicted octanol–water partition coefficient (Wildman–Crippen LogP) is 5.81. The van der Waals surface area contributed by atoms with Crippen LogP contribution in [0.5, 0.6) is 11.8 Å². The highest BCUT2D eigenvalue weighted by Gasteiger charge is 2.09. The van der Waals surface area contributed by atoms with Crippen molar-refractivity contribution in [1.29, 1.82) is 0 Å². The van der Waals surface area contributed by atoms with Gasteiger partial charge in [-0.1, -0.05) is 36.4 Å². The second-order valence-corrected chi connectivity index (χ2v) is 7.08. The first-order valence-electron chi connectivity index (χ1n) is 9.62. The molecule has 5 heteroatoms. The van der Waals surface area contributed by atoms with Gasteiger partial charge in [0.05, 0.1) is 0 Å². The first kappa shape index (κ1) is 19.3. The first-order chi connectivity index (χ1) is 14.6. The maximum Gasteiger partial charge on any atom is 0.321 e. The van der Waals surface area contributed by atoms with Gasteiger partial charge in [0.25, 0.3) is 5.91 Å². The summed E-state index contributed by atoms with van der Waals surface area (Å²) in [5, 5.41) is 2.96. The van der Waals surface area contributed by atoms with Crippen LogP contribution in [0.1, 0.15) is 21.5 Å². The van der Waals surface area contributed by atoms with Gasteiger partial charge in [-0.15, -0.1) is 0 Å². The maximum atomic E-state index is 12.7. The Bertz CT molecular complexity index is 1150. The van der Waals surface area contributed by atoms with Crippen molar-refractivity contribution in [1.82, 2.24) is 9.97 Å². The molecule has 1 N–H and O–H groups in total. The predicted molar refractivity (Wildman–Crippen MR) is 118 cm³/mol. The lowest BCUT2D eigenvalue weighted by Gasteiger charge is -2.09. The Morgan fingerprint density at radius 1 is 0.800 bits per heavy atom. The van der Waals surface area contributed by atoms with Crippen molar-refractivity contribution in [3.63, 3.8) is 0 Å². The molecule has 3 aromatic carbocycles. The van der Waals surface area contributed by atoms with Crippen molar-refractivity contribution < 1.29 is 9.53 Å². The molecule has 0 unspecified atom stereocenters. The second-order valence-electron chi connectivity index (χ2n) is 7.08. The van der Waals surface area contributed by atoms with Crippen LogP contribution in [0.2, 0.25) is 0 Å². The minimum atomic E-state index is -0.160. The lowest BCUT2D eigenvalue weighted by atomic mass is 10.1. The number of carbonyl (C=O) groups excluding carboxylic acids is 1. The summed E-state index contributed by atoms with van der Waals surface area (Å²) in [6, 6.07) is 23.0. The molecule has 5 nitrogen and oxygen atoms in total. The Labute approximate surface area is 175 Å². The fourth-order valence-electron chi connectivity index (χ4n) is 3.20. The summed E-state index contributed by atoms with van der Waals surface area (Å²) in [5.74, 6) is 0.516. The molecule has 0 fully saturated rings. The number of para-hydroxylation sites is 1. The average molecular weight is 395 g/mol. The summed E-state index contributed by atoms with van der Waals surface area (Å²) in [4.78, 5) is 21.3. The maximum absolute atomic E-state index is 12.7. The van der Waals surface area contributed by atoms with Gasteiger partial charge < -0.3 is 10.1 Å². The molecular formula is C25H21N3O2.